The molecular formula is C16H27N3. The van der Waals surface area contributed by atoms with E-state index >= 15 is 0 Å². The highest BCUT2D eigenvalue weighted by molar-refractivity contribution is 5.26. The molecule has 0 aromatic carbocycles. The SMILES string of the molecule is CCCNCCCc1c(C)nc(C2CC2C)nc1C. The van der Waals surface area contributed by atoms with Gasteiger partial charge in [-0.05, 0) is 64.1 Å². The Morgan fingerprint density at radius 2 is 1.79 bits per heavy atom. The zero-order valence-corrected chi connectivity index (χ0v) is 12.8. The first-order valence-electron chi connectivity index (χ1n) is 7.68. The fourth-order valence-corrected chi connectivity index (χ4v) is 2.67. The molecule has 1 saturated carbocycles. The molecule has 1 aliphatic rings. The molecule has 3 nitrogen and oxygen atoms in total. The molecule has 1 heterocycles. The second kappa shape index (κ2) is 6.47. The third-order valence-electron chi connectivity index (χ3n) is 4.09. The lowest BCUT2D eigenvalue weighted by molar-refractivity contribution is 0.635. The van der Waals surface area contributed by atoms with Crippen LogP contribution in [0.3, 0.4) is 0 Å². The number of aryl methyl sites for hydroxylation is 2. The van der Waals surface area contributed by atoms with Crippen LogP contribution in [0.25, 0.3) is 0 Å². The van der Waals surface area contributed by atoms with Crippen LogP contribution < -0.4 is 5.32 Å². The van der Waals surface area contributed by atoms with E-state index in [1.54, 1.807) is 0 Å². The van der Waals surface area contributed by atoms with Crippen LogP contribution in [-0.2, 0) is 6.42 Å². The average Bonchev–Trinajstić information content (AvgIpc) is 3.09. The predicted octanol–water partition coefficient (Wildman–Crippen LogP) is 3.15. The van der Waals surface area contributed by atoms with Crippen molar-refractivity contribution >= 4 is 0 Å². The zero-order chi connectivity index (χ0) is 13.8. The molecule has 19 heavy (non-hydrogen) atoms. The fraction of sp³-hybridized carbons (Fsp3) is 0.750. The van der Waals surface area contributed by atoms with Crippen molar-refractivity contribution in [3.63, 3.8) is 0 Å². The van der Waals surface area contributed by atoms with E-state index < -0.39 is 0 Å². The van der Waals surface area contributed by atoms with Crippen LogP contribution in [0.5, 0.6) is 0 Å². The molecule has 0 amide bonds. The van der Waals surface area contributed by atoms with E-state index in [-0.39, 0.29) is 0 Å². The number of rotatable bonds is 7. The van der Waals surface area contributed by atoms with Gasteiger partial charge >= 0.3 is 0 Å². The van der Waals surface area contributed by atoms with Gasteiger partial charge in [-0.3, -0.25) is 0 Å². The van der Waals surface area contributed by atoms with E-state index in [1.807, 2.05) is 0 Å². The monoisotopic (exact) mass is 261 g/mol. The van der Waals surface area contributed by atoms with Crippen molar-refractivity contribution in [1.82, 2.24) is 15.3 Å². The highest BCUT2D eigenvalue weighted by atomic mass is 14.9. The highest BCUT2D eigenvalue weighted by Gasteiger charge is 2.36. The summed E-state index contributed by atoms with van der Waals surface area (Å²) in [6.07, 6.45) is 4.73. The molecule has 3 heteroatoms. The molecule has 106 valence electrons. The van der Waals surface area contributed by atoms with Crippen molar-refractivity contribution in [3.8, 4) is 0 Å². The Bertz CT molecular complexity index is 405. The number of aromatic nitrogens is 2. The molecule has 1 fully saturated rings. The number of nitrogens with zero attached hydrogens (tertiary/aromatic N) is 2. The van der Waals surface area contributed by atoms with Gasteiger partial charge < -0.3 is 5.32 Å². The van der Waals surface area contributed by atoms with Gasteiger partial charge in [0.25, 0.3) is 0 Å². The van der Waals surface area contributed by atoms with Gasteiger partial charge in [0.2, 0.25) is 0 Å². The van der Waals surface area contributed by atoms with Gasteiger partial charge in [0.15, 0.2) is 0 Å². The zero-order valence-electron chi connectivity index (χ0n) is 12.8. The second-order valence-corrected chi connectivity index (χ2v) is 5.90. The smallest absolute Gasteiger partial charge is 0.132 e. The molecule has 0 saturated heterocycles. The highest BCUT2D eigenvalue weighted by Crippen LogP contribution is 2.45. The molecule has 0 aliphatic heterocycles. The summed E-state index contributed by atoms with van der Waals surface area (Å²) >= 11 is 0. The summed E-state index contributed by atoms with van der Waals surface area (Å²) < 4.78 is 0. The molecule has 2 unspecified atom stereocenters. The Kier molecular flexibility index (Phi) is 4.92. The quantitative estimate of drug-likeness (QED) is 0.766. The van der Waals surface area contributed by atoms with Gasteiger partial charge in [-0.2, -0.15) is 0 Å². The second-order valence-electron chi connectivity index (χ2n) is 5.90. The summed E-state index contributed by atoms with van der Waals surface area (Å²) in [5.74, 6) is 2.48. The maximum absolute atomic E-state index is 4.73. The topological polar surface area (TPSA) is 37.8 Å². The summed E-state index contributed by atoms with van der Waals surface area (Å²) in [6.45, 7) is 11.0. The van der Waals surface area contributed by atoms with E-state index in [0.717, 1.165) is 31.3 Å². The molecule has 2 rings (SSSR count). The Morgan fingerprint density at radius 1 is 1.16 bits per heavy atom. The molecule has 1 N–H and O–H groups in total. The lowest BCUT2D eigenvalue weighted by Crippen LogP contribution is -2.17. The minimum Gasteiger partial charge on any atom is -0.317 e. The molecule has 0 bridgehead atoms. The molecular weight excluding hydrogens is 234 g/mol. The van der Waals surface area contributed by atoms with E-state index in [2.05, 4.69) is 33.0 Å². The summed E-state index contributed by atoms with van der Waals surface area (Å²) in [4.78, 5) is 9.46. The first-order chi connectivity index (χ1) is 9.13. The third-order valence-corrected chi connectivity index (χ3v) is 4.09. The van der Waals surface area contributed by atoms with Crippen LogP contribution in [0.15, 0.2) is 0 Å². The van der Waals surface area contributed by atoms with Gasteiger partial charge in [-0.25, -0.2) is 9.97 Å². The molecule has 0 spiro atoms. The fourth-order valence-electron chi connectivity index (χ4n) is 2.67. The van der Waals surface area contributed by atoms with E-state index in [0.29, 0.717) is 5.92 Å². The van der Waals surface area contributed by atoms with Crippen LogP contribution in [0.1, 0.15) is 61.8 Å². The van der Waals surface area contributed by atoms with Crippen molar-refractivity contribution in [1.29, 1.82) is 0 Å². The Morgan fingerprint density at radius 3 is 2.32 bits per heavy atom. The minimum atomic E-state index is 0.623. The first-order valence-corrected chi connectivity index (χ1v) is 7.68. The van der Waals surface area contributed by atoms with Crippen molar-refractivity contribution < 1.29 is 0 Å². The summed E-state index contributed by atoms with van der Waals surface area (Å²) in [7, 11) is 0. The molecule has 0 radical (unpaired) electrons. The summed E-state index contributed by atoms with van der Waals surface area (Å²) in [5.41, 5.74) is 3.74. The number of hydrogen-bond donors (Lipinski definition) is 1. The minimum absolute atomic E-state index is 0.623. The summed E-state index contributed by atoms with van der Waals surface area (Å²) in [6, 6.07) is 0. The molecule has 1 aromatic rings. The molecule has 1 aromatic heterocycles. The van der Waals surface area contributed by atoms with Crippen LogP contribution in [0.2, 0.25) is 0 Å². The van der Waals surface area contributed by atoms with Crippen LogP contribution in [0.4, 0.5) is 0 Å². The van der Waals surface area contributed by atoms with Gasteiger partial charge in [-0.1, -0.05) is 13.8 Å². The Hall–Kier alpha value is -0.960. The largest absolute Gasteiger partial charge is 0.317 e. The van der Waals surface area contributed by atoms with E-state index in [1.165, 1.54) is 36.2 Å². The lowest BCUT2D eigenvalue weighted by Gasteiger charge is -2.11. The van der Waals surface area contributed by atoms with Crippen LogP contribution >= 0.6 is 0 Å². The first kappa shape index (κ1) is 14.4. The third kappa shape index (κ3) is 3.75. The standard InChI is InChI=1S/C16H27N3/c1-5-8-17-9-6-7-14-12(3)18-16(19-13(14)4)15-10-11(15)2/h11,15,17H,5-10H2,1-4H3. The van der Waals surface area contributed by atoms with Gasteiger partial charge in [0.1, 0.15) is 5.82 Å². The van der Waals surface area contributed by atoms with Crippen molar-refractivity contribution in [2.75, 3.05) is 13.1 Å². The predicted molar refractivity (Wildman–Crippen MR) is 79.5 cm³/mol. The van der Waals surface area contributed by atoms with Gasteiger partial charge in [0, 0.05) is 17.3 Å². The molecule has 1 aliphatic carbocycles. The number of nitrogens with one attached hydrogen (secondary N) is 1. The van der Waals surface area contributed by atoms with E-state index in [4.69, 9.17) is 9.97 Å². The van der Waals surface area contributed by atoms with Crippen molar-refractivity contribution in [2.45, 2.75) is 59.3 Å². The van der Waals surface area contributed by atoms with Gasteiger partial charge in [0.05, 0.1) is 0 Å². The van der Waals surface area contributed by atoms with E-state index in [9.17, 15) is 0 Å². The van der Waals surface area contributed by atoms with Crippen molar-refractivity contribution in [3.05, 3.63) is 22.8 Å². The maximum atomic E-state index is 4.73. The Balaban J connectivity index is 1.93. The number of hydrogen-bond acceptors (Lipinski definition) is 3. The molecule has 2 atom stereocenters. The summed E-state index contributed by atoms with van der Waals surface area (Å²) in [5, 5.41) is 3.45. The average molecular weight is 261 g/mol. The lowest BCUT2D eigenvalue weighted by atomic mass is 10.1. The van der Waals surface area contributed by atoms with Crippen LogP contribution in [0, 0.1) is 19.8 Å². The Labute approximate surface area is 117 Å². The van der Waals surface area contributed by atoms with Gasteiger partial charge in [-0.15, -0.1) is 0 Å². The maximum Gasteiger partial charge on any atom is 0.132 e. The van der Waals surface area contributed by atoms with Crippen molar-refractivity contribution in [2.24, 2.45) is 5.92 Å². The normalized spacial score (nSPS) is 21.7. The van der Waals surface area contributed by atoms with Crippen LogP contribution in [-0.4, -0.2) is 23.1 Å².